The fourth-order valence-electron chi connectivity index (χ4n) is 5.01. The number of aliphatic hydroxyl groups is 3. The molecule has 3 heterocycles. The highest BCUT2D eigenvalue weighted by Crippen LogP contribution is 2.38. The number of nitrogens with one attached hydrogen (secondary N) is 2. The van der Waals surface area contributed by atoms with Crippen molar-refractivity contribution in [3.8, 4) is 0 Å². The van der Waals surface area contributed by atoms with Crippen LogP contribution in [0.15, 0.2) is 55.6 Å². The summed E-state index contributed by atoms with van der Waals surface area (Å²) in [5.41, 5.74) is 8.92. The molecule has 3 aliphatic heterocycles. The zero-order chi connectivity index (χ0) is 25.3. The van der Waals surface area contributed by atoms with Gasteiger partial charge in [-0.1, -0.05) is 41.4 Å². The van der Waals surface area contributed by atoms with E-state index in [1.807, 2.05) is 6.07 Å². The van der Waals surface area contributed by atoms with Gasteiger partial charge in [-0.05, 0) is 25.0 Å². The fourth-order valence-corrected chi connectivity index (χ4v) is 5.01. The van der Waals surface area contributed by atoms with Crippen molar-refractivity contribution in [2.24, 2.45) is 37.0 Å². The lowest BCUT2D eigenvalue weighted by Crippen LogP contribution is -2.59. The highest BCUT2D eigenvalue weighted by Gasteiger charge is 2.53. The molecule has 1 aromatic carbocycles. The number of ether oxygens (including phenoxy) is 1. The normalized spacial score (nSPS) is 32.3. The van der Waals surface area contributed by atoms with Crippen molar-refractivity contribution >= 4 is 29.2 Å². The Hall–Kier alpha value is -3.30. The van der Waals surface area contributed by atoms with E-state index in [9.17, 15) is 20.1 Å². The molecule has 1 aliphatic carbocycles. The van der Waals surface area contributed by atoms with E-state index < -0.39 is 42.8 Å². The molecule has 1 aromatic rings. The van der Waals surface area contributed by atoms with E-state index in [1.165, 1.54) is 0 Å². The molecular formula is C22H29N9O5. The lowest BCUT2D eigenvalue weighted by atomic mass is 9.86. The zero-order valence-electron chi connectivity index (χ0n) is 19.4. The monoisotopic (exact) mass is 499 g/mol. The first-order valence-electron chi connectivity index (χ1n) is 11.9. The Balaban J connectivity index is 1.38. The second-order valence-electron chi connectivity index (χ2n) is 9.13. The van der Waals surface area contributed by atoms with Gasteiger partial charge in [-0.2, -0.15) is 4.99 Å². The van der Waals surface area contributed by atoms with Crippen LogP contribution in [0, 0.1) is 5.92 Å². The molecule has 2 fully saturated rings. The Kier molecular flexibility index (Phi) is 6.77. The molecule has 14 nitrogen and oxygen atoms in total. The van der Waals surface area contributed by atoms with Gasteiger partial charge >= 0.3 is 6.03 Å². The average molecular weight is 500 g/mol. The van der Waals surface area contributed by atoms with Gasteiger partial charge in [0.2, 0.25) is 0 Å². The summed E-state index contributed by atoms with van der Waals surface area (Å²) in [6, 6.07) is 8.26. The number of aliphatic hydroxyl groups excluding tert-OH is 3. The molecule has 1 saturated carbocycles. The molecule has 7 N–H and O–H groups in total. The van der Waals surface area contributed by atoms with E-state index in [4.69, 9.17) is 10.5 Å². The number of rotatable bonds is 5. The number of hydrogen-bond acceptors (Lipinski definition) is 12. The summed E-state index contributed by atoms with van der Waals surface area (Å²) in [4.78, 5) is 27.3. The van der Waals surface area contributed by atoms with Crippen molar-refractivity contribution in [3.63, 3.8) is 0 Å². The van der Waals surface area contributed by atoms with Crippen LogP contribution in [0.3, 0.4) is 0 Å². The summed E-state index contributed by atoms with van der Waals surface area (Å²) < 4.78 is 5.69. The van der Waals surface area contributed by atoms with Gasteiger partial charge in [-0.25, -0.2) is 15.2 Å². The molecule has 5 rings (SSSR count). The molecule has 192 valence electrons. The predicted octanol–water partition coefficient (Wildman–Crippen LogP) is -0.0583. The van der Waals surface area contributed by atoms with E-state index in [0.29, 0.717) is 17.2 Å². The average Bonchev–Trinajstić information content (AvgIpc) is 3.61. The Bertz CT molecular complexity index is 1100. The van der Waals surface area contributed by atoms with Gasteiger partial charge in [0.1, 0.15) is 30.7 Å². The highest BCUT2D eigenvalue weighted by atomic mass is 16.6. The molecule has 36 heavy (non-hydrogen) atoms. The number of anilines is 1. The molecule has 14 heteroatoms. The zero-order valence-corrected chi connectivity index (χ0v) is 19.4. The number of aliphatic imine (C=N–C) groups is 3. The number of amides is 2. The molecule has 0 spiro atoms. The number of fused-ring (bicyclic) bond motifs is 1. The number of carbonyl (C=O) groups is 1. The number of para-hydroxylation sites is 1. The Morgan fingerprint density at radius 2 is 1.97 bits per heavy atom. The summed E-state index contributed by atoms with van der Waals surface area (Å²) in [5, 5.41) is 40.6. The number of nitrogens with zero attached hydrogens (tertiary/aromatic N) is 6. The molecule has 4 aliphatic rings. The minimum Gasteiger partial charge on any atom is -0.394 e. The predicted molar refractivity (Wildman–Crippen MR) is 129 cm³/mol. The SMILES string of the molecule is NC1(C2CCCC2)N=C(N=NNC(=O)Nc2ccccc2)N=C2C1=NCN2[C@@H]1O[C@H](CO)[C@@H](O)[C@H]1O. The molecule has 0 radical (unpaired) electrons. The molecule has 2 amide bonds. The van der Waals surface area contributed by atoms with E-state index in [0.717, 1.165) is 25.7 Å². The molecule has 1 saturated heterocycles. The van der Waals surface area contributed by atoms with E-state index in [2.05, 4.69) is 36.1 Å². The number of amidine groups is 1. The van der Waals surface area contributed by atoms with Gasteiger partial charge in [-0.15, -0.1) is 0 Å². The van der Waals surface area contributed by atoms with Crippen molar-refractivity contribution in [3.05, 3.63) is 30.3 Å². The first-order valence-corrected chi connectivity index (χ1v) is 11.9. The van der Waals surface area contributed by atoms with Gasteiger partial charge < -0.3 is 36.0 Å². The van der Waals surface area contributed by atoms with Gasteiger partial charge in [0.05, 0.1) is 6.61 Å². The number of benzene rings is 1. The number of guanidine groups is 1. The number of carbonyl (C=O) groups excluding carboxylic acids is 1. The lowest BCUT2D eigenvalue weighted by Gasteiger charge is -2.36. The standard InChI is InChI=1S/C22H29N9O5/c23-22(12-6-4-5-7-12)17-18(31(11-24-17)19-16(34)15(33)14(10-32)36-19)26-20(27-22)28-30-29-21(35)25-13-8-2-1-3-9-13/h1-3,8-9,12,14-16,19,32-34H,4-7,10-11,23H2,(H2,25,27,28,29,35)/t14-,15-,16-,19-,22?/m1/s1. The second-order valence-corrected chi connectivity index (χ2v) is 9.13. The van der Waals surface area contributed by atoms with E-state index >= 15 is 0 Å². The largest absolute Gasteiger partial charge is 0.394 e. The van der Waals surface area contributed by atoms with Crippen molar-refractivity contribution in [1.82, 2.24) is 10.3 Å². The maximum atomic E-state index is 12.1. The maximum absolute atomic E-state index is 12.1. The van der Waals surface area contributed by atoms with Crippen molar-refractivity contribution < 1.29 is 24.9 Å². The van der Waals surface area contributed by atoms with Crippen molar-refractivity contribution in [2.75, 3.05) is 18.6 Å². The molecule has 1 unspecified atom stereocenters. The molecule has 5 atom stereocenters. The molecule has 0 aromatic heterocycles. The van der Waals surface area contributed by atoms with Crippen LogP contribution >= 0.6 is 0 Å². The second kappa shape index (κ2) is 9.99. The van der Waals surface area contributed by atoms with Crippen LogP contribution in [0.25, 0.3) is 0 Å². The number of hydrogen-bond donors (Lipinski definition) is 6. The van der Waals surface area contributed by atoms with E-state index in [-0.39, 0.29) is 18.5 Å². The van der Waals surface area contributed by atoms with Crippen LogP contribution in [-0.2, 0) is 4.74 Å². The summed E-state index contributed by atoms with van der Waals surface area (Å²) in [6.45, 7) is -0.382. The van der Waals surface area contributed by atoms with Crippen molar-refractivity contribution in [2.45, 2.75) is 55.9 Å². The summed E-state index contributed by atoms with van der Waals surface area (Å²) in [7, 11) is 0. The summed E-state index contributed by atoms with van der Waals surface area (Å²) in [6.07, 6.45) is -0.807. The molecule has 0 bridgehead atoms. The number of urea groups is 1. The third-order valence-corrected chi connectivity index (χ3v) is 6.86. The number of nitrogens with two attached hydrogens (primary N) is 1. The Labute approximate surface area is 206 Å². The Morgan fingerprint density at radius 3 is 2.67 bits per heavy atom. The fraction of sp³-hybridized carbons (Fsp3) is 0.545. The first-order chi connectivity index (χ1) is 17.4. The van der Waals surface area contributed by atoms with Gasteiger partial charge in [0.15, 0.2) is 17.7 Å². The minimum absolute atomic E-state index is 0.00793. The summed E-state index contributed by atoms with van der Waals surface area (Å²) in [5.74, 6) is 0.223. The first kappa shape index (κ1) is 24.4. The maximum Gasteiger partial charge on any atom is 0.341 e. The summed E-state index contributed by atoms with van der Waals surface area (Å²) >= 11 is 0. The highest BCUT2D eigenvalue weighted by molar-refractivity contribution is 6.48. The lowest BCUT2D eigenvalue weighted by molar-refractivity contribution is -0.0688. The van der Waals surface area contributed by atoms with Gasteiger partial charge in [-0.3, -0.25) is 4.99 Å². The van der Waals surface area contributed by atoms with Crippen molar-refractivity contribution in [1.29, 1.82) is 0 Å². The van der Waals surface area contributed by atoms with Crippen LogP contribution in [0.1, 0.15) is 25.7 Å². The quantitative estimate of drug-likeness (QED) is 0.240. The van der Waals surface area contributed by atoms with Crippen LogP contribution < -0.4 is 16.5 Å². The van der Waals surface area contributed by atoms with Crippen LogP contribution in [0.4, 0.5) is 10.5 Å². The van der Waals surface area contributed by atoms with Gasteiger partial charge in [0.25, 0.3) is 5.96 Å². The minimum atomic E-state index is -1.30. The smallest absolute Gasteiger partial charge is 0.341 e. The topological polar surface area (TPSA) is 202 Å². The van der Waals surface area contributed by atoms with E-state index in [1.54, 1.807) is 29.2 Å². The third-order valence-electron chi connectivity index (χ3n) is 6.86. The molecular weight excluding hydrogens is 470 g/mol. The van der Waals surface area contributed by atoms with Crippen LogP contribution in [0.5, 0.6) is 0 Å². The van der Waals surface area contributed by atoms with Crippen LogP contribution in [-0.4, -0.2) is 87.2 Å². The Morgan fingerprint density at radius 1 is 1.22 bits per heavy atom. The van der Waals surface area contributed by atoms with Crippen LogP contribution in [0.2, 0.25) is 0 Å². The van der Waals surface area contributed by atoms with Gasteiger partial charge in [0, 0.05) is 11.6 Å². The third kappa shape index (κ3) is 4.49.